The molecule has 1 fully saturated rings. The molecule has 0 radical (unpaired) electrons. The number of nitrogen functional groups attached to an aromatic ring is 1. The molecular weight excluding hydrogens is 238 g/mol. The van der Waals surface area contributed by atoms with E-state index in [1.54, 1.807) is 6.20 Å². The Balaban J connectivity index is 1.74. The lowest BCUT2D eigenvalue weighted by Crippen LogP contribution is -2.13. The lowest BCUT2D eigenvalue weighted by Gasteiger charge is -2.14. The van der Waals surface area contributed by atoms with E-state index in [4.69, 9.17) is 10.5 Å². The molecule has 1 saturated heterocycles. The summed E-state index contributed by atoms with van der Waals surface area (Å²) in [6.45, 7) is 1.79. The predicted molar refractivity (Wildman–Crippen MR) is 78.2 cm³/mol. The molecule has 1 aromatic heterocycles. The minimum Gasteiger partial charge on any atom is -0.396 e. The van der Waals surface area contributed by atoms with Crippen molar-refractivity contribution >= 4 is 22.3 Å². The van der Waals surface area contributed by atoms with Gasteiger partial charge in [0.2, 0.25) is 0 Å². The number of hydrogen-bond acceptors (Lipinski definition) is 4. The van der Waals surface area contributed by atoms with Crippen molar-refractivity contribution in [3.8, 4) is 0 Å². The number of aromatic nitrogens is 1. The summed E-state index contributed by atoms with van der Waals surface area (Å²) >= 11 is 0. The molecule has 2 heterocycles. The fourth-order valence-corrected chi connectivity index (χ4v) is 2.58. The third kappa shape index (κ3) is 2.63. The summed E-state index contributed by atoms with van der Waals surface area (Å²) in [6.07, 6.45) is 5.51. The first-order valence-electron chi connectivity index (χ1n) is 6.83. The van der Waals surface area contributed by atoms with Crippen molar-refractivity contribution in [2.45, 2.75) is 25.4 Å². The van der Waals surface area contributed by atoms with Crippen LogP contribution in [0.4, 0.5) is 11.4 Å². The highest BCUT2D eigenvalue weighted by Gasteiger charge is 2.15. The number of nitrogens with one attached hydrogen (secondary N) is 1. The van der Waals surface area contributed by atoms with Gasteiger partial charge in [-0.05, 0) is 25.3 Å². The molecule has 1 aliphatic heterocycles. The summed E-state index contributed by atoms with van der Waals surface area (Å²) in [7, 11) is 0. The van der Waals surface area contributed by atoms with E-state index >= 15 is 0 Å². The number of fused-ring (bicyclic) bond motifs is 1. The molecule has 0 amide bonds. The Bertz CT molecular complexity index is 564. The number of hydrogen-bond donors (Lipinski definition) is 2. The smallest absolute Gasteiger partial charge is 0.0743 e. The Morgan fingerprint density at radius 2 is 2.26 bits per heavy atom. The van der Waals surface area contributed by atoms with Crippen molar-refractivity contribution in [1.82, 2.24) is 4.98 Å². The Labute approximate surface area is 113 Å². The van der Waals surface area contributed by atoms with Crippen LogP contribution in [-0.4, -0.2) is 24.2 Å². The third-order valence-electron chi connectivity index (χ3n) is 3.60. The summed E-state index contributed by atoms with van der Waals surface area (Å²) in [6, 6.07) is 8.05. The monoisotopic (exact) mass is 257 g/mol. The van der Waals surface area contributed by atoms with Crippen molar-refractivity contribution in [1.29, 1.82) is 0 Å². The molecule has 1 aromatic carbocycles. The molecule has 2 aromatic rings. The first-order chi connectivity index (χ1) is 9.34. The van der Waals surface area contributed by atoms with Gasteiger partial charge >= 0.3 is 0 Å². The summed E-state index contributed by atoms with van der Waals surface area (Å²) in [5, 5.41) is 4.52. The SMILES string of the molecule is Nc1cnc2ccccc2c1NCCC1CCCO1. The van der Waals surface area contributed by atoms with Gasteiger partial charge in [0.25, 0.3) is 0 Å². The van der Waals surface area contributed by atoms with Crippen molar-refractivity contribution in [3.63, 3.8) is 0 Å². The standard InChI is InChI=1S/C15H19N3O/c16-13-10-18-14-6-2-1-5-12(14)15(13)17-8-7-11-4-3-9-19-11/h1-2,5-6,10-11H,3-4,7-9,16H2,(H,17,18). The Kier molecular flexibility index (Phi) is 3.51. The first-order valence-corrected chi connectivity index (χ1v) is 6.83. The molecule has 19 heavy (non-hydrogen) atoms. The second-order valence-corrected chi connectivity index (χ2v) is 4.96. The number of benzene rings is 1. The summed E-state index contributed by atoms with van der Waals surface area (Å²) in [4.78, 5) is 4.34. The zero-order chi connectivity index (χ0) is 13.1. The maximum absolute atomic E-state index is 6.02. The average Bonchev–Trinajstić information content (AvgIpc) is 2.94. The Morgan fingerprint density at radius 1 is 1.37 bits per heavy atom. The van der Waals surface area contributed by atoms with Crippen LogP contribution >= 0.6 is 0 Å². The van der Waals surface area contributed by atoms with Gasteiger partial charge < -0.3 is 15.8 Å². The zero-order valence-corrected chi connectivity index (χ0v) is 10.9. The number of para-hydroxylation sites is 1. The van der Waals surface area contributed by atoms with Crippen molar-refractivity contribution in [3.05, 3.63) is 30.5 Å². The van der Waals surface area contributed by atoms with Gasteiger partial charge in [-0.15, -0.1) is 0 Å². The van der Waals surface area contributed by atoms with Crippen LogP contribution in [-0.2, 0) is 4.74 Å². The summed E-state index contributed by atoms with van der Waals surface area (Å²) < 4.78 is 5.63. The number of anilines is 2. The van der Waals surface area contributed by atoms with Crippen LogP contribution in [0.2, 0.25) is 0 Å². The Morgan fingerprint density at radius 3 is 3.11 bits per heavy atom. The summed E-state index contributed by atoms with van der Waals surface area (Å²) in [5.41, 5.74) is 8.68. The number of nitrogens with two attached hydrogens (primary N) is 1. The first kappa shape index (κ1) is 12.2. The van der Waals surface area contributed by atoms with Gasteiger partial charge in [0.15, 0.2) is 0 Å². The molecule has 100 valence electrons. The van der Waals surface area contributed by atoms with Crippen LogP contribution in [0.5, 0.6) is 0 Å². The minimum absolute atomic E-state index is 0.404. The zero-order valence-electron chi connectivity index (χ0n) is 10.9. The van der Waals surface area contributed by atoms with E-state index in [9.17, 15) is 0 Å². The average molecular weight is 257 g/mol. The van der Waals surface area contributed by atoms with E-state index in [0.717, 1.165) is 36.2 Å². The van der Waals surface area contributed by atoms with Gasteiger partial charge in [-0.25, -0.2) is 0 Å². The summed E-state index contributed by atoms with van der Waals surface area (Å²) in [5.74, 6) is 0. The Hall–Kier alpha value is -1.81. The number of nitrogens with zero attached hydrogens (tertiary/aromatic N) is 1. The highest BCUT2D eigenvalue weighted by molar-refractivity contribution is 5.96. The normalized spacial score (nSPS) is 18.8. The number of pyridine rings is 1. The van der Waals surface area contributed by atoms with Gasteiger partial charge in [0.05, 0.1) is 29.2 Å². The molecule has 3 N–H and O–H groups in total. The van der Waals surface area contributed by atoms with Crippen molar-refractivity contribution in [2.75, 3.05) is 24.2 Å². The fourth-order valence-electron chi connectivity index (χ4n) is 2.58. The lowest BCUT2D eigenvalue weighted by molar-refractivity contribution is 0.107. The van der Waals surface area contributed by atoms with Crippen LogP contribution in [0, 0.1) is 0 Å². The van der Waals surface area contributed by atoms with Crippen LogP contribution in [0.3, 0.4) is 0 Å². The second kappa shape index (κ2) is 5.45. The molecule has 4 heteroatoms. The second-order valence-electron chi connectivity index (χ2n) is 4.96. The topological polar surface area (TPSA) is 60.2 Å². The molecule has 1 atom stereocenters. The van der Waals surface area contributed by atoms with E-state index in [-0.39, 0.29) is 0 Å². The van der Waals surface area contributed by atoms with Crippen molar-refractivity contribution < 1.29 is 4.74 Å². The van der Waals surface area contributed by atoms with Crippen LogP contribution in [0.1, 0.15) is 19.3 Å². The molecule has 1 aliphatic rings. The predicted octanol–water partition coefficient (Wildman–Crippen LogP) is 2.80. The minimum atomic E-state index is 0.404. The van der Waals surface area contributed by atoms with Gasteiger partial charge in [-0.2, -0.15) is 0 Å². The fraction of sp³-hybridized carbons (Fsp3) is 0.400. The molecule has 0 spiro atoms. The number of rotatable bonds is 4. The molecular formula is C15H19N3O. The molecule has 3 rings (SSSR count). The van der Waals surface area contributed by atoms with Crippen LogP contribution in [0.25, 0.3) is 10.9 Å². The third-order valence-corrected chi connectivity index (χ3v) is 3.60. The molecule has 4 nitrogen and oxygen atoms in total. The van der Waals surface area contributed by atoms with Gasteiger partial charge in [-0.1, -0.05) is 18.2 Å². The van der Waals surface area contributed by atoms with E-state index in [1.165, 1.54) is 12.8 Å². The van der Waals surface area contributed by atoms with E-state index in [2.05, 4.69) is 10.3 Å². The van der Waals surface area contributed by atoms with Crippen LogP contribution < -0.4 is 11.1 Å². The van der Waals surface area contributed by atoms with E-state index in [0.29, 0.717) is 11.8 Å². The van der Waals surface area contributed by atoms with E-state index < -0.39 is 0 Å². The molecule has 0 aliphatic carbocycles. The maximum atomic E-state index is 6.02. The lowest BCUT2D eigenvalue weighted by atomic mass is 10.1. The largest absolute Gasteiger partial charge is 0.396 e. The highest BCUT2D eigenvalue weighted by Crippen LogP contribution is 2.27. The molecule has 0 saturated carbocycles. The number of ether oxygens (including phenoxy) is 1. The van der Waals surface area contributed by atoms with Gasteiger partial charge in [-0.3, -0.25) is 4.98 Å². The van der Waals surface area contributed by atoms with Gasteiger partial charge in [0.1, 0.15) is 0 Å². The molecule has 0 bridgehead atoms. The highest BCUT2D eigenvalue weighted by atomic mass is 16.5. The quantitative estimate of drug-likeness (QED) is 0.884. The van der Waals surface area contributed by atoms with Crippen molar-refractivity contribution in [2.24, 2.45) is 0 Å². The molecule has 1 unspecified atom stereocenters. The van der Waals surface area contributed by atoms with Crippen LogP contribution in [0.15, 0.2) is 30.5 Å². The van der Waals surface area contributed by atoms with E-state index in [1.807, 2.05) is 24.3 Å². The van der Waals surface area contributed by atoms with Gasteiger partial charge in [0, 0.05) is 18.5 Å². The maximum Gasteiger partial charge on any atom is 0.0743 e.